The molecule has 1 aromatic heterocycles. The molecule has 5 aromatic rings. The summed E-state index contributed by atoms with van der Waals surface area (Å²) in [7, 11) is 1.62. The summed E-state index contributed by atoms with van der Waals surface area (Å²) in [6.45, 7) is 0. The fourth-order valence-electron chi connectivity index (χ4n) is 3.91. The molecular formula is C28H22N2O2. The van der Waals surface area contributed by atoms with Gasteiger partial charge in [-0.3, -0.25) is 4.57 Å². The number of imidazole rings is 1. The molecule has 4 aromatic carbocycles. The predicted molar refractivity (Wildman–Crippen MR) is 128 cm³/mol. The first-order valence-electron chi connectivity index (χ1n) is 10.4. The lowest BCUT2D eigenvalue weighted by atomic mass is 10.0. The van der Waals surface area contributed by atoms with Gasteiger partial charge < -0.3 is 9.84 Å². The second kappa shape index (κ2) is 8.44. The summed E-state index contributed by atoms with van der Waals surface area (Å²) < 4.78 is 7.54. The molecule has 0 fully saturated rings. The van der Waals surface area contributed by atoms with Crippen molar-refractivity contribution in [3.8, 4) is 51.1 Å². The Morgan fingerprint density at radius 1 is 0.719 bits per heavy atom. The quantitative estimate of drug-likeness (QED) is 0.350. The number of phenolic OH excluding ortho intramolecular Hbond substituents is 1. The number of phenols is 1. The van der Waals surface area contributed by atoms with Crippen molar-refractivity contribution in [3.05, 3.63) is 109 Å². The van der Waals surface area contributed by atoms with Crippen molar-refractivity contribution in [1.82, 2.24) is 9.55 Å². The van der Waals surface area contributed by atoms with Crippen molar-refractivity contribution < 1.29 is 9.84 Å². The summed E-state index contributed by atoms with van der Waals surface area (Å²) in [5.74, 6) is 1.44. The number of aromatic nitrogens is 2. The van der Waals surface area contributed by atoms with Gasteiger partial charge in [0.05, 0.1) is 24.1 Å². The highest BCUT2D eigenvalue weighted by molar-refractivity contribution is 5.85. The highest BCUT2D eigenvalue weighted by atomic mass is 16.5. The second-order valence-electron chi connectivity index (χ2n) is 7.42. The van der Waals surface area contributed by atoms with Crippen molar-refractivity contribution in [2.24, 2.45) is 0 Å². The van der Waals surface area contributed by atoms with E-state index in [1.54, 1.807) is 19.2 Å². The van der Waals surface area contributed by atoms with Crippen LogP contribution < -0.4 is 4.74 Å². The molecule has 4 heteroatoms. The zero-order chi connectivity index (χ0) is 21.9. The van der Waals surface area contributed by atoms with Gasteiger partial charge in [0.1, 0.15) is 17.3 Å². The lowest BCUT2D eigenvalue weighted by molar-refractivity contribution is 0.412. The predicted octanol–water partition coefficient (Wildman–Crippen LogP) is 6.59. The SMILES string of the molecule is COc1ccc(O)c(-c2nc(-c3ccccc3)c(-c3ccccc3)n2-c2ccccc2)c1. The minimum atomic E-state index is 0.146. The van der Waals surface area contributed by atoms with E-state index < -0.39 is 0 Å². The van der Waals surface area contributed by atoms with Crippen LogP contribution in [0.25, 0.3) is 39.6 Å². The largest absolute Gasteiger partial charge is 0.507 e. The normalized spacial score (nSPS) is 10.8. The zero-order valence-electron chi connectivity index (χ0n) is 17.6. The standard InChI is InChI=1S/C28H22N2O2/c1-32-23-17-18-25(31)24(19-23)28-29-26(20-11-5-2-6-12-20)27(21-13-7-3-8-14-21)30(28)22-15-9-4-10-16-22/h2-19,31H,1H3. The van der Waals surface area contributed by atoms with Crippen LogP contribution in [0.4, 0.5) is 0 Å². The van der Waals surface area contributed by atoms with Crippen LogP contribution in [0.15, 0.2) is 109 Å². The third-order valence-corrected chi connectivity index (χ3v) is 5.43. The number of hydrogen-bond acceptors (Lipinski definition) is 3. The van der Waals surface area contributed by atoms with Crippen molar-refractivity contribution in [1.29, 1.82) is 0 Å². The fraction of sp³-hybridized carbons (Fsp3) is 0.0357. The van der Waals surface area contributed by atoms with Gasteiger partial charge in [0.15, 0.2) is 0 Å². The van der Waals surface area contributed by atoms with E-state index in [0.29, 0.717) is 17.1 Å². The van der Waals surface area contributed by atoms with Gasteiger partial charge in [0.25, 0.3) is 0 Å². The van der Waals surface area contributed by atoms with E-state index in [-0.39, 0.29) is 5.75 Å². The van der Waals surface area contributed by atoms with E-state index in [1.807, 2.05) is 72.8 Å². The number of hydrogen-bond donors (Lipinski definition) is 1. The van der Waals surface area contributed by atoms with Crippen LogP contribution in [0, 0.1) is 0 Å². The molecular weight excluding hydrogens is 396 g/mol. The molecule has 0 unspecified atom stereocenters. The van der Waals surface area contributed by atoms with Crippen molar-refractivity contribution >= 4 is 0 Å². The van der Waals surface area contributed by atoms with E-state index in [0.717, 1.165) is 28.2 Å². The van der Waals surface area contributed by atoms with Crippen molar-refractivity contribution in [3.63, 3.8) is 0 Å². The molecule has 156 valence electrons. The van der Waals surface area contributed by atoms with Crippen LogP contribution in [0.2, 0.25) is 0 Å². The topological polar surface area (TPSA) is 47.3 Å². The average molecular weight is 418 g/mol. The van der Waals surface area contributed by atoms with E-state index in [4.69, 9.17) is 9.72 Å². The number of ether oxygens (including phenoxy) is 1. The molecule has 0 radical (unpaired) electrons. The van der Waals surface area contributed by atoms with E-state index in [9.17, 15) is 5.11 Å². The van der Waals surface area contributed by atoms with Gasteiger partial charge in [-0.05, 0) is 30.3 Å². The summed E-state index contributed by atoms with van der Waals surface area (Å²) >= 11 is 0. The minimum Gasteiger partial charge on any atom is -0.507 e. The molecule has 0 spiro atoms. The molecule has 0 aliphatic heterocycles. The van der Waals surface area contributed by atoms with Crippen LogP contribution >= 0.6 is 0 Å². The third kappa shape index (κ3) is 3.52. The highest BCUT2D eigenvalue weighted by Gasteiger charge is 2.24. The molecule has 0 aliphatic carbocycles. The average Bonchev–Trinajstić information content (AvgIpc) is 3.26. The van der Waals surface area contributed by atoms with Gasteiger partial charge in [0, 0.05) is 16.8 Å². The number of methoxy groups -OCH3 is 1. The Morgan fingerprint density at radius 2 is 1.31 bits per heavy atom. The molecule has 0 saturated carbocycles. The maximum Gasteiger partial charge on any atom is 0.149 e. The summed E-state index contributed by atoms with van der Waals surface area (Å²) in [6.07, 6.45) is 0. The summed E-state index contributed by atoms with van der Waals surface area (Å²) in [5.41, 5.74) is 5.41. The molecule has 32 heavy (non-hydrogen) atoms. The van der Waals surface area contributed by atoms with Gasteiger partial charge in [-0.25, -0.2) is 4.98 Å². The van der Waals surface area contributed by atoms with Crippen molar-refractivity contribution in [2.75, 3.05) is 7.11 Å². The van der Waals surface area contributed by atoms with E-state index in [2.05, 4.69) is 28.8 Å². The molecule has 0 bridgehead atoms. The number of aromatic hydroxyl groups is 1. The highest BCUT2D eigenvalue weighted by Crippen LogP contribution is 2.41. The Kier molecular flexibility index (Phi) is 5.18. The van der Waals surface area contributed by atoms with Gasteiger partial charge in [-0.15, -0.1) is 0 Å². The Hall–Kier alpha value is -4.31. The Labute approximate surface area is 187 Å². The lowest BCUT2D eigenvalue weighted by Gasteiger charge is -2.14. The molecule has 0 amide bonds. The maximum atomic E-state index is 10.8. The van der Waals surface area contributed by atoms with Gasteiger partial charge in [0.2, 0.25) is 0 Å². The summed E-state index contributed by atoms with van der Waals surface area (Å²) in [5, 5.41) is 10.8. The monoisotopic (exact) mass is 418 g/mol. The van der Waals surface area contributed by atoms with Crippen LogP contribution in [-0.4, -0.2) is 21.8 Å². The third-order valence-electron chi connectivity index (χ3n) is 5.43. The molecule has 0 saturated heterocycles. The minimum absolute atomic E-state index is 0.146. The smallest absolute Gasteiger partial charge is 0.149 e. The molecule has 1 N–H and O–H groups in total. The number of para-hydroxylation sites is 1. The van der Waals surface area contributed by atoms with E-state index >= 15 is 0 Å². The Morgan fingerprint density at radius 3 is 1.94 bits per heavy atom. The molecule has 0 atom stereocenters. The molecule has 4 nitrogen and oxygen atoms in total. The second-order valence-corrected chi connectivity index (χ2v) is 7.42. The Balaban J connectivity index is 1.90. The first-order chi connectivity index (χ1) is 15.8. The van der Waals surface area contributed by atoms with Crippen LogP contribution in [0.3, 0.4) is 0 Å². The molecule has 1 heterocycles. The number of nitrogens with zero attached hydrogens (tertiary/aromatic N) is 2. The summed E-state index contributed by atoms with van der Waals surface area (Å²) in [4.78, 5) is 5.09. The molecule has 0 aliphatic rings. The first kappa shape index (κ1) is 19.6. The lowest BCUT2D eigenvalue weighted by Crippen LogP contribution is -2.00. The maximum absolute atomic E-state index is 10.8. The Bertz CT molecular complexity index is 1340. The van der Waals surface area contributed by atoms with Crippen molar-refractivity contribution in [2.45, 2.75) is 0 Å². The molecule has 5 rings (SSSR count). The fourth-order valence-corrected chi connectivity index (χ4v) is 3.91. The number of benzene rings is 4. The first-order valence-corrected chi connectivity index (χ1v) is 10.4. The van der Waals surface area contributed by atoms with E-state index in [1.165, 1.54) is 0 Å². The van der Waals surface area contributed by atoms with Gasteiger partial charge in [-0.1, -0.05) is 78.9 Å². The van der Waals surface area contributed by atoms with Crippen LogP contribution in [0.5, 0.6) is 11.5 Å². The van der Waals surface area contributed by atoms with Crippen LogP contribution in [-0.2, 0) is 0 Å². The summed E-state index contributed by atoms with van der Waals surface area (Å²) in [6, 6.07) is 35.6. The van der Waals surface area contributed by atoms with Crippen LogP contribution in [0.1, 0.15) is 0 Å². The van der Waals surface area contributed by atoms with Gasteiger partial charge in [-0.2, -0.15) is 0 Å². The number of rotatable bonds is 5. The van der Waals surface area contributed by atoms with Gasteiger partial charge >= 0.3 is 0 Å². The zero-order valence-corrected chi connectivity index (χ0v) is 17.6.